The molecule has 0 saturated heterocycles. The fourth-order valence-electron chi connectivity index (χ4n) is 2.34. The summed E-state index contributed by atoms with van der Waals surface area (Å²) in [7, 11) is 0. The van der Waals surface area contributed by atoms with E-state index in [9.17, 15) is 9.18 Å². The van der Waals surface area contributed by atoms with Gasteiger partial charge in [0.25, 0.3) is 0 Å². The predicted molar refractivity (Wildman–Crippen MR) is 67.5 cm³/mol. The van der Waals surface area contributed by atoms with Gasteiger partial charge in [0.15, 0.2) is 11.6 Å². The first-order valence-corrected chi connectivity index (χ1v) is 6.07. The summed E-state index contributed by atoms with van der Waals surface area (Å²) in [6.07, 6.45) is 1.70. The van der Waals surface area contributed by atoms with Crippen LogP contribution in [-0.2, 0) is 13.1 Å². The molecule has 0 spiro atoms. The molecule has 5 nitrogen and oxygen atoms in total. The first-order valence-electron chi connectivity index (χ1n) is 6.07. The molecule has 0 saturated carbocycles. The first-order chi connectivity index (χ1) is 9.15. The van der Waals surface area contributed by atoms with Crippen molar-refractivity contribution in [2.45, 2.75) is 20.0 Å². The van der Waals surface area contributed by atoms with Crippen molar-refractivity contribution in [3.63, 3.8) is 0 Å². The second-order valence-corrected chi connectivity index (χ2v) is 4.58. The van der Waals surface area contributed by atoms with E-state index >= 15 is 0 Å². The summed E-state index contributed by atoms with van der Waals surface area (Å²) in [6, 6.07) is 4.32. The normalized spacial score (nSPS) is 14.3. The van der Waals surface area contributed by atoms with Crippen LogP contribution in [0.4, 0.5) is 10.1 Å². The highest BCUT2D eigenvalue weighted by atomic mass is 19.1. The largest absolute Gasteiger partial charge is 0.362 e. The molecule has 98 valence electrons. The van der Waals surface area contributed by atoms with Crippen LogP contribution in [0.15, 0.2) is 24.5 Å². The number of carbonyl (C=O) groups is 1. The molecule has 0 radical (unpaired) electrons. The quantitative estimate of drug-likeness (QED) is 0.770. The van der Waals surface area contributed by atoms with Crippen LogP contribution >= 0.6 is 0 Å². The maximum atomic E-state index is 13.3. The van der Waals surface area contributed by atoms with Gasteiger partial charge in [-0.3, -0.25) is 4.79 Å². The molecular weight excluding hydrogens is 247 g/mol. The minimum Gasteiger partial charge on any atom is -0.362 e. The molecule has 19 heavy (non-hydrogen) atoms. The van der Waals surface area contributed by atoms with Crippen molar-refractivity contribution in [2.75, 3.05) is 11.4 Å². The maximum Gasteiger partial charge on any atom is 0.161 e. The minimum atomic E-state index is -0.394. The van der Waals surface area contributed by atoms with Crippen LogP contribution in [0, 0.1) is 5.82 Å². The molecule has 2 heterocycles. The smallest absolute Gasteiger partial charge is 0.161 e. The van der Waals surface area contributed by atoms with E-state index < -0.39 is 5.82 Å². The molecule has 1 aliphatic rings. The number of ketones is 1. The van der Waals surface area contributed by atoms with Crippen molar-refractivity contribution < 1.29 is 9.18 Å². The molecule has 0 aliphatic carbocycles. The molecule has 0 N–H and O–H groups in total. The summed E-state index contributed by atoms with van der Waals surface area (Å²) >= 11 is 0. The highest BCUT2D eigenvalue weighted by Crippen LogP contribution is 2.25. The lowest BCUT2D eigenvalue weighted by Gasteiger charge is -2.30. The Morgan fingerprint density at radius 2 is 2.21 bits per heavy atom. The number of hydrogen-bond acceptors (Lipinski definition) is 4. The Balaban J connectivity index is 1.98. The van der Waals surface area contributed by atoms with Crippen LogP contribution in [0.2, 0.25) is 0 Å². The number of aromatic nitrogens is 3. The molecular formula is C13H13FN4O. The third-order valence-electron chi connectivity index (χ3n) is 3.32. The van der Waals surface area contributed by atoms with Gasteiger partial charge in [0.1, 0.15) is 12.1 Å². The van der Waals surface area contributed by atoms with Crippen LogP contribution in [-0.4, -0.2) is 27.1 Å². The second kappa shape index (κ2) is 4.46. The Morgan fingerprint density at radius 1 is 1.37 bits per heavy atom. The van der Waals surface area contributed by atoms with Crippen molar-refractivity contribution in [2.24, 2.45) is 0 Å². The van der Waals surface area contributed by atoms with Crippen LogP contribution < -0.4 is 4.90 Å². The predicted octanol–water partition coefficient (Wildman–Crippen LogP) is 1.64. The Labute approximate surface area is 109 Å². The molecule has 3 rings (SSSR count). The van der Waals surface area contributed by atoms with Gasteiger partial charge in [-0.15, -0.1) is 10.2 Å². The Morgan fingerprint density at radius 3 is 3.00 bits per heavy atom. The van der Waals surface area contributed by atoms with Gasteiger partial charge in [-0.1, -0.05) is 0 Å². The van der Waals surface area contributed by atoms with E-state index in [1.54, 1.807) is 12.4 Å². The fraction of sp³-hybridized carbons (Fsp3) is 0.308. The van der Waals surface area contributed by atoms with E-state index in [-0.39, 0.29) is 5.78 Å². The van der Waals surface area contributed by atoms with E-state index in [2.05, 4.69) is 10.2 Å². The zero-order valence-electron chi connectivity index (χ0n) is 10.5. The van der Waals surface area contributed by atoms with Crippen molar-refractivity contribution in [1.29, 1.82) is 0 Å². The van der Waals surface area contributed by atoms with Crippen molar-refractivity contribution in [3.8, 4) is 0 Å². The Bertz CT molecular complexity index is 637. The Hall–Kier alpha value is -2.24. The number of carbonyl (C=O) groups excluding carboxylic acids is 1. The van der Waals surface area contributed by atoms with E-state index in [4.69, 9.17) is 0 Å². The molecule has 0 fully saturated rings. The molecule has 0 bridgehead atoms. The zero-order chi connectivity index (χ0) is 13.4. The van der Waals surface area contributed by atoms with Gasteiger partial charge in [-0.25, -0.2) is 4.39 Å². The van der Waals surface area contributed by atoms with Crippen molar-refractivity contribution >= 4 is 11.5 Å². The van der Waals surface area contributed by atoms with Crippen molar-refractivity contribution in [3.05, 3.63) is 41.7 Å². The fourth-order valence-corrected chi connectivity index (χ4v) is 2.34. The molecule has 0 atom stereocenters. The average molecular weight is 260 g/mol. The van der Waals surface area contributed by atoms with Crippen LogP contribution in [0.5, 0.6) is 0 Å². The van der Waals surface area contributed by atoms with Crippen molar-refractivity contribution in [1.82, 2.24) is 14.8 Å². The average Bonchev–Trinajstić information content (AvgIpc) is 2.85. The highest BCUT2D eigenvalue weighted by molar-refractivity contribution is 5.99. The molecule has 0 unspecified atom stereocenters. The number of rotatable bonds is 2. The van der Waals surface area contributed by atoms with Gasteiger partial charge in [0, 0.05) is 24.3 Å². The number of halogens is 1. The van der Waals surface area contributed by atoms with Crippen LogP contribution in [0.1, 0.15) is 23.1 Å². The van der Waals surface area contributed by atoms with E-state index in [0.717, 1.165) is 24.6 Å². The Kier molecular flexibility index (Phi) is 2.77. The molecule has 6 heteroatoms. The van der Waals surface area contributed by atoms with E-state index in [1.807, 2.05) is 9.47 Å². The van der Waals surface area contributed by atoms with Crippen LogP contribution in [0.25, 0.3) is 0 Å². The summed E-state index contributed by atoms with van der Waals surface area (Å²) in [5.74, 6) is 0.320. The number of nitrogens with zero attached hydrogens (tertiary/aromatic N) is 4. The number of hydrogen-bond donors (Lipinski definition) is 0. The number of Topliss-reactive ketones (excluding diaryl/α,β-unsaturated/α-hetero) is 1. The summed E-state index contributed by atoms with van der Waals surface area (Å²) in [4.78, 5) is 13.7. The molecule has 1 aromatic heterocycles. The zero-order valence-corrected chi connectivity index (χ0v) is 10.5. The van der Waals surface area contributed by atoms with Gasteiger partial charge < -0.3 is 9.47 Å². The van der Waals surface area contributed by atoms with E-state index in [0.29, 0.717) is 12.1 Å². The van der Waals surface area contributed by atoms with Gasteiger partial charge in [0.05, 0.1) is 6.54 Å². The third kappa shape index (κ3) is 2.09. The lowest BCUT2D eigenvalue weighted by Crippen LogP contribution is -2.34. The molecule has 1 aliphatic heterocycles. The van der Waals surface area contributed by atoms with E-state index in [1.165, 1.54) is 19.1 Å². The minimum absolute atomic E-state index is 0.137. The summed E-state index contributed by atoms with van der Waals surface area (Å²) in [5.41, 5.74) is 1.16. The van der Waals surface area contributed by atoms with Crippen LogP contribution in [0.3, 0.4) is 0 Å². The summed E-state index contributed by atoms with van der Waals surface area (Å²) < 4.78 is 15.2. The summed E-state index contributed by atoms with van der Waals surface area (Å²) in [5, 5.41) is 7.90. The lowest BCUT2D eigenvalue weighted by molar-refractivity contribution is 0.101. The topological polar surface area (TPSA) is 51.0 Å². The first kappa shape index (κ1) is 11.8. The molecule has 0 amide bonds. The SMILES string of the molecule is CC(=O)c1cc(F)ccc1N1CCn2cnnc2C1. The third-order valence-corrected chi connectivity index (χ3v) is 3.32. The van der Waals surface area contributed by atoms with Gasteiger partial charge in [-0.05, 0) is 25.1 Å². The van der Waals surface area contributed by atoms with Gasteiger partial charge in [-0.2, -0.15) is 0 Å². The summed E-state index contributed by atoms with van der Waals surface area (Å²) in [6.45, 7) is 3.53. The lowest BCUT2D eigenvalue weighted by atomic mass is 10.1. The number of fused-ring (bicyclic) bond motifs is 1. The highest BCUT2D eigenvalue weighted by Gasteiger charge is 2.21. The van der Waals surface area contributed by atoms with Gasteiger partial charge in [0.2, 0.25) is 0 Å². The van der Waals surface area contributed by atoms with Gasteiger partial charge >= 0.3 is 0 Å². The molecule has 1 aromatic carbocycles. The second-order valence-electron chi connectivity index (χ2n) is 4.58. The monoisotopic (exact) mass is 260 g/mol. The maximum absolute atomic E-state index is 13.3. The number of anilines is 1. The molecule has 2 aromatic rings. The number of benzene rings is 1. The standard InChI is InChI=1S/C13H13FN4O/c1-9(19)11-6-10(14)2-3-12(11)17-4-5-18-8-15-16-13(18)7-17/h2-3,6,8H,4-5,7H2,1H3.